The Labute approximate surface area is 152 Å². The van der Waals surface area contributed by atoms with Crippen molar-refractivity contribution in [3.8, 4) is 0 Å². The predicted octanol–water partition coefficient (Wildman–Crippen LogP) is 6.77. The first kappa shape index (κ1) is 18.3. The maximum atomic E-state index is 12.5. The van der Waals surface area contributed by atoms with Crippen molar-refractivity contribution < 1.29 is 29.6 Å². The van der Waals surface area contributed by atoms with E-state index in [4.69, 9.17) is 17.0 Å². The number of benzene rings is 2. The molecule has 116 valence electrons. The average molecular weight is 428 g/mol. The van der Waals surface area contributed by atoms with Gasteiger partial charge in [0.15, 0.2) is 0 Å². The Morgan fingerprint density at radius 2 is 1.04 bits per heavy atom. The standard InChI is InChI=1S/2C9H6F.2ClH.Zr/c2*10-9-5-7-3-1-2-4-8(7)6-9;;;/h2*1-6H;2*1H;/q2*-1;;;+4/p-2. The Kier molecular flexibility index (Phi) is 7.43. The van der Waals surface area contributed by atoms with Gasteiger partial charge in [0.2, 0.25) is 0 Å². The molecule has 0 aromatic heterocycles. The topological polar surface area (TPSA) is 0 Å². The minimum atomic E-state index is -0.826. The summed E-state index contributed by atoms with van der Waals surface area (Å²) in [6.07, 6.45) is 0. The van der Waals surface area contributed by atoms with Crippen molar-refractivity contribution in [2.75, 3.05) is 0 Å². The van der Waals surface area contributed by atoms with E-state index in [1.54, 1.807) is 0 Å². The summed E-state index contributed by atoms with van der Waals surface area (Å²) < 4.78 is 25.0. The van der Waals surface area contributed by atoms with E-state index in [0.717, 1.165) is 21.5 Å². The Hall–Kier alpha value is -1.02. The number of hydrogen-bond acceptors (Lipinski definition) is 0. The zero-order chi connectivity index (χ0) is 16.7. The van der Waals surface area contributed by atoms with Crippen LogP contribution in [0.25, 0.3) is 21.5 Å². The molecule has 4 aromatic carbocycles. The van der Waals surface area contributed by atoms with E-state index in [-0.39, 0.29) is 11.6 Å². The van der Waals surface area contributed by atoms with Gasteiger partial charge in [-0.3, -0.25) is 0 Å². The molecule has 0 radical (unpaired) electrons. The fourth-order valence-electron chi connectivity index (χ4n) is 2.23. The van der Waals surface area contributed by atoms with Crippen LogP contribution in [0, 0.1) is 11.6 Å². The van der Waals surface area contributed by atoms with Crippen LogP contribution in [-0.2, 0) is 20.8 Å². The van der Waals surface area contributed by atoms with Gasteiger partial charge >= 0.3 is 37.9 Å². The number of hydrogen-bond donors (Lipinski definition) is 0. The molecule has 0 aliphatic rings. The second-order valence-corrected chi connectivity index (χ2v) is 8.41. The van der Waals surface area contributed by atoms with Crippen LogP contribution in [0.4, 0.5) is 8.78 Å². The van der Waals surface area contributed by atoms with Crippen molar-refractivity contribution in [2.24, 2.45) is 0 Å². The van der Waals surface area contributed by atoms with Gasteiger partial charge in [-0.25, -0.2) is 8.78 Å². The van der Waals surface area contributed by atoms with Crippen molar-refractivity contribution in [1.82, 2.24) is 0 Å². The van der Waals surface area contributed by atoms with Gasteiger partial charge in [-0.2, -0.15) is 0 Å². The summed E-state index contributed by atoms with van der Waals surface area (Å²) in [5.74, 6) is -0.303. The summed E-state index contributed by atoms with van der Waals surface area (Å²) in [7, 11) is 9.87. The molecule has 23 heavy (non-hydrogen) atoms. The van der Waals surface area contributed by atoms with E-state index in [9.17, 15) is 8.78 Å². The summed E-state index contributed by atoms with van der Waals surface area (Å²) in [6.45, 7) is 0. The predicted molar refractivity (Wildman–Crippen MR) is 90.7 cm³/mol. The molecule has 0 saturated heterocycles. The fourth-order valence-corrected chi connectivity index (χ4v) is 2.23. The fraction of sp³-hybridized carbons (Fsp3) is 0. The van der Waals surface area contributed by atoms with E-state index < -0.39 is 20.8 Å². The Bertz CT molecular complexity index is 729. The molecule has 0 amide bonds. The van der Waals surface area contributed by atoms with Crippen LogP contribution >= 0.6 is 17.0 Å². The number of rotatable bonds is 0. The summed E-state index contributed by atoms with van der Waals surface area (Å²) in [5.41, 5.74) is 0. The van der Waals surface area contributed by atoms with Gasteiger partial charge in [-0.05, 0) is 0 Å². The van der Waals surface area contributed by atoms with Crippen molar-refractivity contribution in [3.05, 3.63) is 84.4 Å². The van der Waals surface area contributed by atoms with Gasteiger partial charge in [0.25, 0.3) is 0 Å². The van der Waals surface area contributed by atoms with Crippen LogP contribution in [0.1, 0.15) is 0 Å². The zero-order valence-electron chi connectivity index (χ0n) is 11.9. The monoisotopic (exact) mass is 426 g/mol. The molecule has 4 rings (SSSR count). The van der Waals surface area contributed by atoms with Gasteiger partial charge < -0.3 is 0 Å². The molecule has 0 spiro atoms. The molecule has 0 bridgehead atoms. The normalized spacial score (nSPS) is 9.57. The van der Waals surface area contributed by atoms with E-state index in [1.165, 1.54) is 24.3 Å². The van der Waals surface area contributed by atoms with Gasteiger partial charge in [0.1, 0.15) is 0 Å². The van der Waals surface area contributed by atoms with Gasteiger partial charge in [0.05, 0.1) is 0 Å². The van der Waals surface area contributed by atoms with Crippen LogP contribution in [0.5, 0.6) is 0 Å². The van der Waals surface area contributed by atoms with E-state index >= 15 is 0 Å². The first-order valence-corrected chi connectivity index (χ1v) is 13.1. The molecule has 0 saturated carbocycles. The Morgan fingerprint density at radius 1 is 0.696 bits per heavy atom. The maximum absolute atomic E-state index is 12.5. The molecule has 0 unspecified atom stereocenters. The first-order valence-electron chi connectivity index (χ1n) is 6.72. The molecule has 0 nitrogen and oxygen atoms in total. The van der Waals surface area contributed by atoms with Gasteiger partial charge in [-0.15, -0.1) is 82.2 Å². The second-order valence-electron chi connectivity index (χ2n) is 4.68. The zero-order valence-corrected chi connectivity index (χ0v) is 15.9. The molecule has 0 aliphatic heterocycles. The summed E-state index contributed by atoms with van der Waals surface area (Å²) in [5, 5.41) is 3.89. The van der Waals surface area contributed by atoms with E-state index in [0.29, 0.717) is 0 Å². The third kappa shape index (κ3) is 5.53. The van der Waals surface area contributed by atoms with Crippen molar-refractivity contribution in [1.29, 1.82) is 0 Å². The SMILES string of the molecule is Fc1cc2ccccc2[cH-]1.Fc1cc2ccccc2[cH-]1.[Cl][Zr+2][Cl]. The minimum absolute atomic E-state index is 0.152. The Balaban J connectivity index is 0.000000143. The average Bonchev–Trinajstić information content (AvgIpc) is 3.08. The van der Waals surface area contributed by atoms with E-state index in [2.05, 4.69) is 0 Å². The van der Waals surface area contributed by atoms with Crippen molar-refractivity contribution in [3.63, 3.8) is 0 Å². The van der Waals surface area contributed by atoms with E-state index in [1.807, 2.05) is 48.5 Å². The second kappa shape index (κ2) is 9.32. The van der Waals surface area contributed by atoms with Gasteiger partial charge in [-0.1, -0.05) is 12.1 Å². The van der Waals surface area contributed by atoms with Gasteiger partial charge in [0, 0.05) is 11.6 Å². The third-order valence-corrected chi connectivity index (χ3v) is 3.17. The van der Waals surface area contributed by atoms with Crippen LogP contribution in [0.2, 0.25) is 0 Å². The van der Waals surface area contributed by atoms with Crippen LogP contribution in [0.15, 0.2) is 72.8 Å². The third-order valence-electron chi connectivity index (χ3n) is 3.17. The summed E-state index contributed by atoms with van der Waals surface area (Å²) in [4.78, 5) is 0. The van der Waals surface area contributed by atoms with Crippen molar-refractivity contribution in [2.45, 2.75) is 0 Å². The molecular weight excluding hydrogens is 416 g/mol. The van der Waals surface area contributed by atoms with Crippen molar-refractivity contribution >= 4 is 38.6 Å². The molecule has 5 heteroatoms. The summed E-state index contributed by atoms with van der Waals surface area (Å²) in [6, 6.07) is 21.4. The first-order chi connectivity index (χ1) is 11.1. The summed E-state index contributed by atoms with van der Waals surface area (Å²) >= 11 is -0.826. The number of fused-ring (bicyclic) bond motifs is 2. The molecule has 0 heterocycles. The van der Waals surface area contributed by atoms with Crippen LogP contribution in [-0.4, -0.2) is 0 Å². The molecule has 4 aromatic rings. The molecular formula is C18H12Cl2F2Zr. The molecule has 0 N–H and O–H groups in total. The Morgan fingerprint density at radius 3 is 1.39 bits per heavy atom. The van der Waals surface area contributed by atoms with Crippen LogP contribution in [0.3, 0.4) is 0 Å². The van der Waals surface area contributed by atoms with Crippen LogP contribution < -0.4 is 0 Å². The quantitative estimate of drug-likeness (QED) is 0.271. The molecule has 0 atom stereocenters. The molecule has 0 aliphatic carbocycles. The number of halogens is 4. The molecule has 0 fully saturated rings.